The van der Waals surface area contributed by atoms with E-state index in [0.717, 1.165) is 18.0 Å². The van der Waals surface area contributed by atoms with E-state index < -0.39 is 0 Å². The fourth-order valence-corrected chi connectivity index (χ4v) is 2.17. The molecule has 2 nitrogen and oxygen atoms in total. The van der Waals surface area contributed by atoms with Gasteiger partial charge in [-0.2, -0.15) is 0 Å². The summed E-state index contributed by atoms with van der Waals surface area (Å²) in [4.78, 5) is 0. The number of halogens is 1. The first-order chi connectivity index (χ1) is 9.10. The molecule has 0 aliphatic rings. The number of hydrogen-bond donors (Lipinski definition) is 1. The first-order valence-electron chi connectivity index (χ1n) is 6.23. The summed E-state index contributed by atoms with van der Waals surface area (Å²) in [6, 6.07) is 12.0. The molecule has 0 aliphatic heterocycles. The second-order valence-corrected chi connectivity index (χ2v) is 5.06. The molecule has 0 unspecified atom stereocenters. The van der Waals surface area contributed by atoms with Crippen LogP contribution in [0.1, 0.15) is 16.7 Å². The lowest BCUT2D eigenvalue weighted by Gasteiger charge is -2.13. The molecule has 0 saturated carbocycles. The first kappa shape index (κ1) is 13.8. The molecule has 0 bridgehead atoms. The molecule has 19 heavy (non-hydrogen) atoms. The number of methoxy groups -OCH3 is 1. The number of benzene rings is 2. The van der Waals surface area contributed by atoms with Crippen LogP contribution >= 0.6 is 11.6 Å². The van der Waals surface area contributed by atoms with Crippen LogP contribution in [0.2, 0.25) is 5.02 Å². The summed E-state index contributed by atoms with van der Waals surface area (Å²) >= 11 is 6.02. The summed E-state index contributed by atoms with van der Waals surface area (Å²) < 4.78 is 5.32. The SMILES string of the molecule is COc1ccc(Cl)cc1NCc1cc(C)ccc1C. The molecule has 2 aromatic rings. The van der Waals surface area contributed by atoms with Crippen LogP contribution in [-0.4, -0.2) is 7.11 Å². The molecular weight excluding hydrogens is 258 g/mol. The zero-order valence-corrected chi connectivity index (χ0v) is 12.2. The second kappa shape index (κ2) is 5.98. The van der Waals surface area contributed by atoms with Crippen molar-refractivity contribution in [2.75, 3.05) is 12.4 Å². The van der Waals surface area contributed by atoms with Gasteiger partial charge in [0.1, 0.15) is 5.75 Å². The fourth-order valence-electron chi connectivity index (χ4n) is 2.00. The van der Waals surface area contributed by atoms with Crippen LogP contribution in [-0.2, 0) is 6.54 Å². The Balaban J connectivity index is 2.18. The van der Waals surface area contributed by atoms with E-state index in [9.17, 15) is 0 Å². The van der Waals surface area contributed by atoms with Gasteiger partial charge >= 0.3 is 0 Å². The van der Waals surface area contributed by atoms with Crippen molar-refractivity contribution in [2.45, 2.75) is 20.4 Å². The molecule has 0 radical (unpaired) electrons. The predicted octanol–water partition coefficient (Wildman–Crippen LogP) is 4.58. The van der Waals surface area contributed by atoms with Gasteiger partial charge in [-0.1, -0.05) is 35.4 Å². The van der Waals surface area contributed by atoms with Gasteiger partial charge in [0.05, 0.1) is 12.8 Å². The van der Waals surface area contributed by atoms with E-state index in [4.69, 9.17) is 16.3 Å². The number of anilines is 1. The van der Waals surface area contributed by atoms with E-state index in [0.29, 0.717) is 5.02 Å². The van der Waals surface area contributed by atoms with E-state index in [2.05, 4.69) is 37.4 Å². The zero-order valence-electron chi connectivity index (χ0n) is 11.5. The number of hydrogen-bond acceptors (Lipinski definition) is 2. The summed E-state index contributed by atoms with van der Waals surface area (Å²) in [5, 5.41) is 4.08. The van der Waals surface area contributed by atoms with Crippen LogP contribution in [0.25, 0.3) is 0 Å². The third kappa shape index (κ3) is 3.42. The van der Waals surface area contributed by atoms with Gasteiger partial charge < -0.3 is 10.1 Å². The van der Waals surface area contributed by atoms with Gasteiger partial charge in [-0.15, -0.1) is 0 Å². The minimum absolute atomic E-state index is 0.698. The normalized spacial score (nSPS) is 10.3. The maximum atomic E-state index is 6.02. The third-order valence-corrected chi connectivity index (χ3v) is 3.37. The average molecular weight is 276 g/mol. The highest BCUT2D eigenvalue weighted by atomic mass is 35.5. The van der Waals surface area contributed by atoms with E-state index in [1.807, 2.05) is 18.2 Å². The molecule has 0 spiro atoms. The van der Waals surface area contributed by atoms with Crippen LogP contribution in [0.3, 0.4) is 0 Å². The highest BCUT2D eigenvalue weighted by Gasteiger charge is 2.05. The maximum Gasteiger partial charge on any atom is 0.142 e. The standard InChI is InChI=1S/C16H18ClNO/c1-11-4-5-12(2)13(8-11)10-18-15-9-14(17)6-7-16(15)19-3/h4-9,18H,10H2,1-3H3. The average Bonchev–Trinajstić information content (AvgIpc) is 2.40. The Bertz CT molecular complexity index is 581. The summed E-state index contributed by atoms with van der Waals surface area (Å²) in [7, 11) is 1.66. The topological polar surface area (TPSA) is 21.3 Å². The number of rotatable bonds is 4. The Morgan fingerprint density at radius 1 is 1.11 bits per heavy atom. The Morgan fingerprint density at radius 2 is 1.89 bits per heavy atom. The molecule has 0 atom stereocenters. The van der Waals surface area contributed by atoms with Crippen molar-refractivity contribution in [3.63, 3.8) is 0 Å². The zero-order chi connectivity index (χ0) is 13.8. The number of aryl methyl sites for hydroxylation is 2. The van der Waals surface area contributed by atoms with Gasteiger partial charge in [-0.05, 0) is 43.2 Å². The van der Waals surface area contributed by atoms with Crippen molar-refractivity contribution < 1.29 is 4.74 Å². The van der Waals surface area contributed by atoms with Crippen LogP contribution in [0.5, 0.6) is 5.75 Å². The third-order valence-electron chi connectivity index (χ3n) is 3.14. The lowest BCUT2D eigenvalue weighted by Crippen LogP contribution is -2.03. The molecule has 2 aromatic carbocycles. The Labute approximate surface area is 119 Å². The van der Waals surface area contributed by atoms with Gasteiger partial charge in [0.15, 0.2) is 0 Å². The summed E-state index contributed by atoms with van der Waals surface area (Å²) in [5.41, 5.74) is 4.73. The molecule has 0 aliphatic carbocycles. The van der Waals surface area contributed by atoms with Crippen molar-refractivity contribution in [1.29, 1.82) is 0 Å². The molecule has 0 heterocycles. The van der Waals surface area contributed by atoms with Crippen molar-refractivity contribution >= 4 is 17.3 Å². The van der Waals surface area contributed by atoms with Crippen molar-refractivity contribution in [3.05, 3.63) is 58.1 Å². The molecule has 3 heteroatoms. The molecule has 100 valence electrons. The van der Waals surface area contributed by atoms with Crippen molar-refractivity contribution in [1.82, 2.24) is 0 Å². The lowest BCUT2D eigenvalue weighted by atomic mass is 10.1. The van der Waals surface area contributed by atoms with Crippen LogP contribution in [0, 0.1) is 13.8 Å². The lowest BCUT2D eigenvalue weighted by molar-refractivity contribution is 0.416. The minimum Gasteiger partial charge on any atom is -0.495 e. The summed E-state index contributed by atoms with van der Waals surface area (Å²) in [5.74, 6) is 0.801. The number of nitrogens with one attached hydrogen (secondary N) is 1. The van der Waals surface area contributed by atoms with Gasteiger partial charge in [-0.3, -0.25) is 0 Å². The van der Waals surface area contributed by atoms with E-state index in [-0.39, 0.29) is 0 Å². The first-order valence-corrected chi connectivity index (χ1v) is 6.61. The molecule has 2 rings (SSSR count). The van der Waals surface area contributed by atoms with Gasteiger partial charge in [-0.25, -0.2) is 0 Å². The molecular formula is C16H18ClNO. The highest BCUT2D eigenvalue weighted by Crippen LogP contribution is 2.28. The summed E-state index contributed by atoms with van der Waals surface area (Å²) in [6.45, 7) is 4.97. The molecule has 1 N–H and O–H groups in total. The Kier molecular flexibility index (Phi) is 4.33. The van der Waals surface area contributed by atoms with Crippen LogP contribution in [0.4, 0.5) is 5.69 Å². The fraction of sp³-hybridized carbons (Fsp3) is 0.250. The van der Waals surface area contributed by atoms with Crippen LogP contribution < -0.4 is 10.1 Å². The Hall–Kier alpha value is -1.67. The smallest absolute Gasteiger partial charge is 0.142 e. The maximum absolute atomic E-state index is 6.02. The van der Waals surface area contributed by atoms with Gasteiger partial charge in [0.2, 0.25) is 0 Å². The van der Waals surface area contributed by atoms with Gasteiger partial charge in [0, 0.05) is 11.6 Å². The Morgan fingerprint density at radius 3 is 2.63 bits per heavy atom. The molecule has 0 saturated heterocycles. The van der Waals surface area contributed by atoms with Crippen molar-refractivity contribution in [3.8, 4) is 5.75 Å². The van der Waals surface area contributed by atoms with Gasteiger partial charge in [0.25, 0.3) is 0 Å². The predicted molar refractivity (Wildman–Crippen MR) is 81.2 cm³/mol. The highest BCUT2D eigenvalue weighted by molar-refractivity contribution is 6.30. The summed E-state index contributed by atoms with van der Waals surface area (Å²) in [6.07, 6.45) is 0. The van der Waals surface area contributed by atoms with Crippen molar-refractivity contribution in [2.24, 2.45) is 0 Å². The molecule has 0 fully saturated rings. The largest absolute Gasteiger partial charge is 0.495 e. The minimum atomic E-state index is 0.698. The number of ether oxygens (including phenoxy) is 1. The molecule has 0 aromatic heterocycles. The molecule has 0 amide bonds. The van der Waals surface area contributed by atoms with Crippen LogP contribution in [0.15, 0.2) is 36.4 Å². The monoisotopic (exact) mass is 275 g/mol. The second-order valence-electron chi connectivity index (χ2n) is 4.63. The quantitative estimate of drug-likeness (QED) is 0.882. The van der Waals surface area contributed by atoms with E-state index in [1.165, 1.54) is 16.7 Å². The van der Waals surface area contributed by atoms with E-state index >= 15 is 0 Å². The van der Waals surface area contributed by atoms with E-state index in [1.54, 1.807) is 7.11 Å².